The van der Waals surface area contributed by atoms with Crippen molar-refractivity contribution < 1.29 is 4.74 Å². The Morgan fingerprint density at radius 3 is 2.72 bits per heavy atom. The van der Waals surface area contributed by atoms with E-state index in [4.69, 9.17) is 16.2 Å². The van der Waals surface area contributed by atoms with Crippen LogP contribution < -0.4 is 16.8 Å². The van der Waals surface area contributed by atoms with Crippen LogP contribution in [0.3, 0.4) is 0 Å². The van der Waals surface area contributed by atoms with Gasteiger partial charge in [0, 0.05) is 19.6 Å². The van der Waals surface area contributed by atoms with Gasteiger partial charge in [-0.1, -0.05) is 0 Å². The Kier molecular flexibility index (Phi) is 4.24. The van der Waals surface area contributed by atoms with Crippen LogP contribution in [0.25, 0.3) is 0 Å². The van der Waals surface area contributed by atoms with E-state index in [1.54, 1.807) is 0 Å². The van der Waals surface area contributed by atoms with Gasteiger partial charge in [0.1, 0.15) is 5.82 Å². The summed E-state index contributed by atoms with van der Waals surface area (Å²) in [7, 11) is 1.91. The van der Waals surface area contributed by atoms with Crippen LogP contribution in [0, 0.1) is 0 Å². The summed E-state index contributed by atoms with van der Waals surface area (Å²) in [6.07, 6.45) is 0.195. The van der Waals surface area contributed by atoms with Gasteiger partial charge < -0.3 is 21.5 Å². The molecule has 1 aromatic rings. The lowest BCUT2D eigenvalue weighted by Crippen LogP contribution is -2.45. The molecule has 0 radical (unpaired) electrons. The molecule has 1 saturated heterocycles. The molecule has 0 aliphatic carbocycles. The Hall–Kier alpha value is -1.51. The molecule has 1 fully saturated rings. The van der Waals surface area contributed by atoms with Crippen molar-refractivity contribution in [3.05, 3.63) is 5.82 Å². The molecule has 8 heteroatoms. The molecule has 8 nitrogen and oxygen atoms in total. The zero-order valence-electron chi connectivity index (χ0n) is 10.5. The maximum atomic E-state index is 5.63. The Morgan fingerprint density at radius 1 is 1.33 bits per heavy atom. The fraction of sp³-hybridized carbons (Fsp3) is 0.700. The first-order valence-corrected chi connectivity index (χ1v) is 5.92. The van der Waals surface area contributed by atoms with Crippen LogP contribution in [0.4, 0.5) is 11.9 Å². The van der Waals surface area contributed by atoms with Crippen LogP contribution in [0.5, 0.6) is 0 Å². The van der Waals surface area contributed by atoms with Crippen molar-refractivity contribution in [2.45, 2.75) is 12.6 Å². The van der Waals surface area contributed by atoms with Crippen LogP contribution in [-0.4, -0.2) is 59.2 Å². The monoisotopic (exact) mass is 253 g/mol. The summed E-state index contributed by atoms with van der Waals surface area (Å²) in [4.78, 5) is 14.1. The van der Waals surface area contributed by atoms with E-state index in [9.17, 15) is 0 Å². The van der Waals surface area contributed by atoms with Crippen LogP contribution in [0.15, 0.2) is 0 Å². The molecule has 2 rings (SSSR count). The number of rotatable bonds is 4. The van der Waals surface area contributed by atoms with Crippen LogP contribution in [0.1, 0.15) is 5.82 Å². The summed E-state index contributed by atoms with van der Waals surface area (Å²) in [5.41, 5.74) is 11.1. The number of nitrogens with zero attached hydrogens (tertiary/aromatic N) is 4. The van der Waals surface area contributed by atoms with Crippen molar-refractivity contribution in [1.29, 1.82) is 0 Å². The lowest BCUT2D eigenvalue weighted by atomic mass is 10.2. The molecule has 100 valence electrons. The van der Waals surface area contributed by atoms with Gasteiger partial charge in [0.05, 0.1) is 19.3 Å². The second-order valence-corrected chi connectivity index (χ2v) is 4.25. The van der Waals surface area contributed by atoms with E-state index in [2.05, 4.69) is 25.2 Å². The first kappa shape index (κ1) is 12.9. The lowest BCUT2D eigenvalue weighted by Gasteiger charge is -2.32. The molecule has 1 unspecified atom stereocenters. The molecule has 0 aromatic carbocycles. The van der Waals surface area contributed by atoms with Crippen molar-refractivity contribution in [3.8, 4) is 0 Å². The second kappa shape index (κ2) is 5.89. The third-order valence-corrected chi connectivity index (χ3v) is 2.74. The zero-order chi connectivity index (χ0) is 13.0. The molecule has 0 amide bonds. The van der Waals surface area contributed by atoms with Crippen LogP contribution in [0.2, 0.25) is 0 Å². The number of nitrogens with two attached hydrogens (primary N) is 2. The smallest absolute Gasteiger partial charge is 0.225 e. The van der Waals surface area contributed by atoms with Gasteiger partial charge in [-0.3, -0.25) is 4.90 Å². The van der Waals surface area contributed by atoms with Crippen LogP contribution >= 0.6 is 0 Å². The normalized spacial score (nSPS) is 21.1. The fourth-order valence-electron chi connectivity index (χ4n) is 2.00. The van der Waals surface area contributed by atoms with E-state index in [0.29, 0.717) is 19.0 Å². The van der Waals surface area contributed by atoms with Crippen LogP contribution in [-0.2, 0) is 11.3 Å². The summed E-state index contributed by atoms with van der Waals surface area (Å²) in [6.45, 7) is 3.85. The van der Waals surface area contributed by atoms with Gasteiger partial charge in [0.2, 0.25) is 11.9 Å². The SMILES string of the molecule is CNCC1CN(Cc2nc(N)nc(N)n2)CCO1. The third kappa shape index (κ3) is 3.49. The van der Waals surface area contributed by atoms with Crippen molar-refractivity contribution in [1.82, 2.24) is 25.2 Å². The topological polar surface area (TPSA) is 115 Å². The van der Waals surface area contributed by atoms with Gasteiger partial charge in [-0.2, -0.15) is 15.0 Å². The number of aromatic nitrogens is 3. The molecule has 2 heterocycles. The minimum Gasteiger partial charge on any atom is -0.374 e. The molecular formula is C10H19N7O. The molecule has 1 aliphatic heterocycles. The van der Waals surface area contributed by atoms with E-state index < -0.39 is 0 Å². The number of hydrogen-bond acceptors (Lipinski definition) is 8. The van der Waals surface area contributed by atoms with Gasteiger partial charge >= 0.3 is 0 Å². The average molecular weight is 253 g/mol. The summed E-state index contributed by atoms with van der Waals surface area (Å²) in [5.74, 6) is 0.931. The average Bonchev–Trinajstić information content (AvgIpc) is 2.28. The first-order chi connectivity index (χ1) is 8.67. The minimum atomic E-state index is 0.164. The summed E-state index contributed by atoms with van der Waals surface area (Å²) in [6, 6.07) is 0. The van der Waals surface area contributed by atoms with E-state index in [1.165, 1.54) is 0 Å². The lowest BCUT2D eigenvalue weighted by molar-refractivity contribution is -0.0298. The maximum Gasteiger partial charge on any atom is 0.225 e. The molecule has 0 spiro atoms. The summed E-state index contributed by atoms with van der Waals surface area (Å²) >= 11 is 0. The molecule has 0 saturated carbocycles. The summed E-state index contributed by atoms with van der Waals surface area (Å²) in [5, 5.41) is 3.11. The molecule has 1 atom stereocenters. The van der Waals surface area contributed by atoms with E-state index in [-0.39, 0.29) is 18.0 Å². The molecule has 0 bridgehead atoms. The predicted octanol–water partition coefficient (Wildman–Crippen LogP) is -1.54. The van der Waals surface area contributed by atoms with Gasteiger partial charge in [-0.05, 0) is 7.05 Å². The highest BCUT2D eigenvalue weighted by Gasteiger charge is 2.20. The Labute approximate surface area is 106 Å². The van der Waals surface area contributed by atoms with Crippen molar-refractivity contribution in [3.63, 3.8) is 0 Å². The molecule has 1 aromatic heterocycles. The summed E-state index contributed by atoms with van der Waals surface area (Å²) < 4.78 is 5.63. The number of ether oxygens (including phenoxy) is 1. The number of anilines is 2. The highest BCUT2D eigenvalue weighted by Crippen LogP contribution is 2.08. The Bertz CT molecular complexity index is 378. The second-order valence-electron chi connectivity index (χ2n) is 4.25. The van der Waals surface area contributed by atoms with Crippen molar-refractivity contribution in [2.24, 2.45) is 0 Å². The predicted molar refractivity (Wildman–Crippen MR) is 67.6 cm³/mol. The van der Waals surface area contributed by atoms with Gasteiger partial charge in [0.15, 0.2) is 0 Å². The maximum absolute atomic E-state index is 5.63. The third-order valence-electron chi connectivity index (χ3n) is 2.74. The number of hydrogen-bond donors (Lipinski definition) is 3. The fourth-order valence-corrected chi connectivity index (χ4v) is 2.00. The molecule has 1 aliphatic rings. The first-order valence-electron chi connectivity index (χ1n) is 5.92. The quantitative estimate of drug-likeness (QED) is 0.591. The highest BCUT2D eigenvalue weighted by atomic mass is 16.5. The van der Waals surface area contributed by atoms with E-state index >= 15 is 0 Å². The minimum absolute atomic E-state index is 0.164. The molecular weight excluding hydrogens is 234 g/mol. The Balaban J connectivity index is 1.95. The van der Waals surface area contributed by atoms with Crippen molar-refractivity contribution >= 4 is 11.9 Å². The highest BCUT2D eigenvalue weighted by molar-refractivity contribution is 5.25. The number of likely N-dealkylation sites (N-methyl/N-ethyl adjacent to an activating group) is 1. The number of morpholine rings is 1. The number of nitrogen functional groups attached to an aromatic ring is 2. The van der Waals surface area contributed by atoms with E-state index in [0.717, 1.165) is 19.6 Å². The number of nitrogens with one attached hydrogen (secondary N) is 1. The standard InChI is InChI=1S/C10H19N7O/c1-13-4-7-5-17(2-3-18-7)6-8-14-9(11)16-10(12)15-8/h7,13H,2-6H2,1H3,(H4,11,12,14,15,16). The molecule has 5 N–H and O–H groups in total. The van der Waals surface area contributed by atoms with Crippen molar-refractivity contribution in [2.75, 3.05) is 44.8 Å². The van der Waals surface area contributed by atoms with Gasteiger partial charge in [-0.25, -0.2) is 0 Å². The van der Waals surface area contributed by atoms with Gasteiger partial charge in [0.25, 0.3) is 0 Å². The largest absolute Gasteiger partial charge is 0.374 e. The Morgan fingerprint density at radius 2 is 2.06 bits per heavy atom. The van der Waals surface area contributed by atoms with Gasteiger partial charge in [-0.15, -0.1) is 0 Å². The van der Waals surface area contributed by atoms with E-state index in [1.807, 2.05) is 7.05 Å². The zero-order valence-corrected chi connectivity index (χ0v) is 10.5. The molecule has 18 heavy (non-hydrogen) atoms.